The number of nitrogens with one attached hydrogen (secondary N) is 1. The first-order valence-corrected chi connectivity index (χ1v) is 5.21. The van der Waals surface area contributed by atoms with Crippen molar-refractivity contribution in [2.45, 2.75) is 0 Å². The van der Waals surface area contributed by atoms with Crippen molar-refractivity contribution >= 4 is 16.9 Å². The molecule has 6 heteroatoms. The van der Waals surface area contributed by atoms with E-state index in [0.717, 1.165) is 0 Å². The van der Waals surface area contributed by atoms with Crippen molar-refractivity contribution < 1.29 is 18.8 Å². The molecule has 5 nitrogen and oxygen atoms in total. The van der Waals surface area contributed by atoms with Gasteiger partial charge in [0.1, 0.15) is 6.61 Å². The van der Waals surface area contributed by atoms with Crippen LogP contribution in [0.3, 0.4) is 0 Å². The van der Waals surface area contributed by atoms with Crippen molar-refractivity contribution in [2.75, 3.05) is 31.8 Å². The van der Waals surface area contributed by atoms with E-state index in [9.17, 15) is 9.00 Å². The summed E-state index contributed by atoms with van der Waals surface area (Å²) in [4.78, 5) is 10.6. The van der Waals surface area contributed by atoms with Crippen LogP contribution in [0.2, 0.25) is 0 Å². The van der Waals surface area contributed by atoms with E-state index in [-0.39, 0.29) is 13.2 Å². The maximum atomic E-state index is 10.6. The molecule has 0 rings (SSSR count). The smallest absolute Gasteiger partial charge is 0.407 e. The van der Waals surface area contributed by atoms with E-state index in [2.05, 4.69) is 10.1 Å². The first-order valence-electron chi connectivity index (χ1n) is 3.48. The largest absolute Gasteiger partial charge is 0.447 e. The number of hydrogen-bond donors (Lipinski definition) is 2. The highest BCUT2D eigenvalue weighted by atomic mass is 32.2. The van der Waals surface area contributed by atoms with Gasteiger partial charge in [0.05, 0.1) is 6.61 Å². The average molecular weight is 195 g/mol. The predicted octanol–water partition coefficient (Wildman–Crippen LogP) is -0.917. The molecule has 0 aromatic rings. The number of alkyl carbamates (subject to hydrolysis) is 1. The Balaban J connectivity index is 3.25. The summed E-state index contributed by atoms with van der Waals surface area (Å²) in [6, 6.07) is 0. The molecule has 0 aliphatic heterocycles. The number of carbonyl (C=O) groups excluding carboxylic acids is 1. The zero-order chi connectivity index (χ0) is 9.40. The minimum Gasteiger partial charge on any atom is -0.447 e. The molecule has 0 spiro atoms. The monoisotopic (exact) mass is 195 g/mol. The van der Waals surface area contributed by atoms with E-state index in [0.29, 0.717) is 12.3 Å². The van der Waals surface area contributed by atoms with Crippen LogP contribution in [0.4, 0.5) is 4.79 Å². The van der Waals surface area contributed by atoms with Gasteiger partial charge in [-0.1, -0.05) is 0 Å². The van der Waals surface area contributed by atoms with Gasteiger partial charge in [0.25, 0.3) is 0 Å². The molecule has 0 radical (unpaired) electrons. The highest BCUT2D eigenvalue weighted by molar-refractivity contribution is 7.84. The van der Waals surface area contributed by atoms with Gasteiger partial charge in [-0.2, -0.15) is 0 Å². The van der Waals surface area contributed by atoms with E-state index in [1.54, 1.807) is 6.26 Å². The molecule has 0 bridgehead atoms. The topological polar surface area (TPSA) is 75.6 Å². The van der Waals surface area contributed by atoms with Crippen molar-refractivity contribution in [3.05, 3.63) is 0 Å². The minimum absolute atomic E-state index is 0.0128. The SMILES string of the molecule is CS(=O)CCNC(=O)OCCO. The molecule has 0 aromatic carbocycles. The van der Waals surface area contributed by atoms with Crippen molar-refractivity contribution in [3.63, 3.8) is 0 Å². The Morgan fingerprint density at radius 3 is 2.83 bits per heavy atom. The highest BCUT2D eigenvalue weighted by Crippen LogP contribution is 1.77. The third-order valence-electron chi connectivity index (χ3n) is 0.983. The summed E-state index contributed by atoms with van der Waals surface area (Å²) in [6.07, 6.45) is 0.968. The van der Waals surface area contributed by atoms with Gasteiger partial charge in [-0.25, -0.2) is 4.79 Å². The third kappa shape index (κ3) is 7.49. The van der Waals surface area contributed by atoms with Gasteiger partial charge in [0.2, 0.25) is 0 Å². The standard InChI is InChI=1S/C6H13NO4S/c1-12(10)5-2-7-6(9)11-4-3-8/h8H,2-5H2,1H3,(H,7,9). The summed E-state index contributed by atoms with van der Waals surface area (Å²) < 4.78 is 15.0. The van der Waals surface area contributed by atoms with E-state index in [1.807, 2.05) is 0 Å². The van der Waals surface area contributed by atoms with Crippen LogP contribution in [-0.2, 0) is 15.5 Å². The first-order chi connectivity index (χ1) is 5.66. The predicted molar refractivity (Wildman–Crippen MR) is 45.4 cm³/mol. The van der Waals surface area contributed by atoms with E-state index in [1.165, 1.54) is 0 Å². The summed E-state index contributed by atoms with van der Waals surface area (Å²) in [5.41, 5.74) is 0. The van der Waals surface area contributed by atoms with Crippen LogP contribution in [0.25, 0.3) is 0 Å². The lowest BCUT2D eigenvalue weighted by Gasteiger charge is -2.03. The fourth-order valence-corrected chi connectivity index (χ4v) is 0.876. The zero-order valence-corrected chi connectivity index (χ0v) is 7.73. The quantitative estimate of drug-likeness (QED) is 0.595. The molecule has 1 unspecified atom stereocenters. The Morgan fingerprint density at radius 1 is 1.67 bits per heavy atom. The molecular formula is C6H13NO4S. The number of hydrogen-bond acceptors (Lipinski definition) is 4. The van der Waals surface area contributed by atoms with E-state index < -0.39 is 16.9 Å². The van der Waals surface area contributed by atoms with Crippen molar-refractivity contribution in [1.82, 2.24) is 5.32 Å². The molecule has 0 saturated heterocycles. The van der Waals surface area contributed by atoms with Crippen LogP contribution >= 0.6 is 0 Å². The summed E-state index contributed by atoms with van der Waals surface area (Å²) in [5, 5.41) is 10.7. The number of aliphatic hydroxyl groups is 1. The molecule has 1 atom stereocenters. The number of rotatable bonds is 5. The Morgan fingerprint density at radius 2 is 2.33 bits per heavy atom. The maximum Gasteiger partial charge on any atom is 0.407 e. The normalized spacial score (nSPS) is 12.2. The molecular weight excluding hydrogens is 182 g/mol. The molecule has 0 fully saturated rings. The van der Waals surface area contributed by atoms with Gasteiger partial charge in [-0.15, -0.1) is 0 Å². The highest BCUT2D eigenvalue weighted by Gasteiger charge is 1.99. The second-order valence-corrected chi connectivity index (χ2v) is 3.62. The Kier molecular flexibility index (Phi) is 6.69. The zero-order valence-electron chi connectivity index (χ0n) is 6.91. The van der Waals surface area contributed by atoms with Crippen LogP contribution in [0.1, 0.15) is 0 Å². The van der Waals surface area contributed by atoms with Crippen molar-refractivity contribution in [3.8, 4) is 0 Å². The van der Waals surface area contributed by atoms with Crippen LogP contribution in [0.15, 0.2) is 0 Å². The van der Waals surface area contributed by atoms with Crippen molar-refractivity contribution in [2.24, 2.45) is 0 Å². The van der Waals surface area contributed by atoms with Crippen LogP contribution in [0.5, 0.6) is 0 Å². The van der Waals surface area contributed by atoms with Gasteiger partial charge >= 0.3 is 6.09 Å². The fourth-order valence-electron chi connectivity index (χ4n) is 0.486. The molecule has 2 N–H and O–H groups in total. The molecule has 72 valence electrons. The number of aliphatic hydroxyl groups excluding tert-OH is 1. The molecule has 1 amide bonds. The summed E-state index contributed by atoms with van der Waals surface area (Å²) in [6.45, 7) is 0.127. The van der Waals surface area contributed by atoms with Gasteiger partial charge < -0.3 is 15.2 Å². The molecule has 0 heterocycles. The van der Waals surface area contributed by atoms with Gasteiger partial charge in [0.15, 0.2) is 0 Å². The summed E-state index contributed by atoms with van der Waals surface area (Å²) in [5.74, 6) is 0.411. The molecule has 0 aromatic heterocycles. The molecule has 0 aliphatic rings. The number of carbonyl (C=O) groups is 1. The first kappa shape index (κ1) is 11.4. The lowest BCUT2D eigenvalue weighted by atomic mass is 10.7. The number of ether oxygens (including phenoxy) is 1. The van der Waals surface area contributed by atoms with Gasteiger partial charge in [0, 0.05) is 29.4 Å². The second-order valence-electron chi connectivity index (χ2n) is 2.06. The molecule has 0 saturated carbocycles. The lowest BCUT2D eigenvalue weighted by molar-refractivity contribution is 0.119. The molecule has 0 aliphatic carbocycles. The fraction of sp³-hybridized carbons (Fsp3) is 0.833. The van der Waals surface area contributed by atoms with E-state index in [4.69, 9.17) is 5.11 Å². The van der Waals surface area contributed by atoms with Crippen molar-refractivity contribution in [1.29, 1.82) is 0 Å². The third-order valence-corrected chi connectivity index (χ3v) is 1.76. The summed E-state index contributed by atoms with van der Waals surface area (Å²) in [7, 11) is -0.907. The minimum atomic E-state index is -0.907. The number of amides is 1. The van der Waals surface area contributed by atoms with Crippen LogP contribution in [0, 0.1) is 0 Å². The Hall–Kier alpha value is -0.620. The maximum absolute atomic E-state index is 10.6. The molecule has 12 heavy (non-hydrogen) atoms. The Bertz CT molecular complexity index is 162. The van der Waals surface area contributed by atoms with Crippen LogP contribution < -0.4 is 5.32 Å². The summed E-state index contributed by atoms with van der Waals surface area (Å²) >= 11 is 0. The van der Waals surface area contributed by atoms with Gasteiger partial charge in [-0.05, 0) is 0 Å². The van der Waals surface area contributed by atoms with Crippen LogP contribution in [-0.4, -0.2) is 47.2 Å². The second kappa shape index (κ2) is 7.05. The van der Waals surface area contributed by atoms with E-state index >= 15 is 0 Å². The van der Waals surface area contributed by atoms with Gasteiger partial charge in [-0.3, -0.25) is 4.21 Å². The Labute approximate surface area is 73.6 Å². The lowest BCUT2D eigenvalue weighted by Crippen LogP contribution is -2.28. The average Bonchev–Trinajstić information content (AvgIpc) is 2.00.